The van der Waals surface area contributed by atoms with Crippen LogP contribution in [0.1, 0.15) is 47.0 Å². The molecule has 18 heavy (non-hydrogen) atoms. The van der Waals surface area contributed by atoms with Crippen LogP contribution in [0.5, 0.6) is 0 Å². The molecular formula is C13H24F3NS. The van der Waals surface area contributed by atoms with Crippen molar-refractivity contribution in [3.05, 3.63) is 0 Å². The minimum Gasteiger partial charge on any atom is -0.312 e. The van der Waals surface area contributed by atoms with Crippen molar-refractivity contribution in [1.82, 2.24) is 5.32 Å². The molecule has 1 aliphatic rings. The maximum Gasteiger partial charge on any atom is 0.441 e. The van der Waals surface area contributed by atoms with Crippen molar-refractivity contribution in [3.63, 3.8) is 0 Å². The van der Waals surface area contributed by atoms with E-state index in [4.69, 9.17) is 0 Å². The van der Waals surface area contributed by atoms with Gasteiger partial charge < -0.3 is 5.32 Å². The largest absolute Gasteiger partial charge is 0.441 e. The van der Waals surface area contributed by atoms with Crippen LogP contribution in [0.15, 0.2) is 0 Å². The van der Waals surface area contributed by atoms with E-state index in [1.165, 1.54) is 12.8 Å². The molecule has 1 rings (SSSR count). The van der Waals surface area contributed by atoms with Crippen LogP contribution in [-0.4, -0.2) is 23.3 Å². The van der Waals surface area contributed by atoms with Gasteiger partial charge in [0.1, 0.15) is 0 Å². The summed E-state index contributed by atoms with van der Waals surface area (Å²) in [4.78, 5) is 0. The standard InChI is InChI=1S/C13H24F3NS/c1-11(2,3)17-9-12(4,10-5-6-10)7-8-18-13(14,15)16/h10,17H,5-9H2,1-4H3. The van der Waals surface area contributed by atoms with Crippen molar-refractivity contribution in [3.8, 4) is 0 Å². The lowest BCUT2D eigenvalue weighted by molar-refractivity contribution is -0.0329. The first kappa shape index (κ1) is 16.2. The van der Waals surface area contributed by atoms with E-state index >= 15 is 0 Å². The molecule has 0 saturated heterocycles. The maximum absolute atomic E-state index is 12.2. The lowest BCUT2D eigenvalue weighted by atomic mass is 9.81. The second kappa shape index (κ2) is 5.61. The smallest absolute Gasteiger partial charge is 0.312 e. The minimum absolute atomic E-state index is 0.00549. The van der Waals surface area contributed by atoms with E-state index in [0.29, 0.717) is 12.3 Å². The van der Waals surface area contributed by atoms with E-state index in [1.54, 1.807) is 0 Å². The van der Waals surface area contributed by atoms with Gasteiger partial charge in [-0.05, 0) is 51.4 Å². The van der Waals surface area contributed by atoms with Gasteiger partial charge >= 0.3 is 5.51 Å². The van der Waals surface area contributed by atoms with E-state index in [1.807, 2.05) is 0 Å². The third-order valence-electron chi connectivity index (χ3n) is 3.52. The summed E-state index contributed by atoms with van der Waals surface area (Å²) in [5.74, 6) is 0.767. The highest BCUT2D eigenvalue weighted by molar-refractivity contribution is 8.00. The quantitative estimate of drug-likeness (QED) is 0.773. The molecule has 0 heterocycles. The van der Waals surface area contributed by atoms with Crippen LogP contribution in [0, 0.1) is 11.3 Å². The summed E-state index contributed by atoms with van der Waals surface area (Å²) in [6.45, 7) is 9.19. The van der Waals surface area contributed by atoms with Gasteiger partial charge in [-0.2, -0.15) is 13.2 Å². The average Bonchev–Trinajstić information content (AvgIpc) is 2.94. The second-order valence-electron chi connectivity index (χ2n) is 6.58. The van der Waals surface area contributed by atoms with Gasteiger partial charge in [-0.25, -0.2) is 0 Å². The first-order chi connectivity index (χ1) is 8.02. The van der Waals surface area contributed by atoms with Gasteiger partial charge in [0.05, 0.1) is 0 Å². The van der Waals surface area contributed by atoms with Gasteiger partial charge in [-0.15, -0.1) is 0 Å². The second-order valence-corrected chi connectivity index (χ2v) is 7.74. The summed E-state index contributed by atoms with van der Waals surface area (Å²) in [7, 11) is 0. The van der Waals surface area contributed by atoms with Crippen molar-refractivity contribution < 1.29 is 13.2 Å². The number of halogens is 3. The Morgan fingerprint density at radius 3 is 2.06 bits per heavy atom. The molecular weight excluding hydrogens is 259 g/mol. The van der Waals surface area contributed by atoms with Gasteiger partial charge in [0.25, 0.3) is 0 Å². The molecule has 0 bridgehead atoms. The number of thioether (sulfide) groups is 1. The molecule has 0 radical (unpaired) electrons. The predicted octanol–water partition coefficient (Wildman–Crippen LogP) is 4.43. The molecule has 0 aliphatic heterocycles. The molecule has 1 saturated carbocycles. The number of rotatable bonds is 6. The Bertz CT molecular complexity index is 268. The lowest BCUT2D eigenvalue weighted by Gasteiger charge is -2.34. The van der Waals surface area contributed by atoms with E-state index < -0.39 is 5.51 Å². The Hall–Kier alpha value is 0.100. The molecule has 0 spiro atoms. The molecule has 0 aromatic heterocycles. The zero-order valence-corrected chi connectivity index (χ0v) is 12.5. The van der Waals surface area contributed by atoms with Gasteiger partial charge in [-0.1, -0.05) is 18.7 Å². The Kier molecular flexibility index (Phi) is 5.04. The fourth-order valence-electron chi connectivity index (χ4n) is 2.08. The van der Waals surface area contributed by atoms with Crippen LogP contribution in [0.25, 0.3) is 0 Å². The molecule has 1 fully saturated rings. The zero-order chi connectivity index (χ0) is 14.0. The van der Waals surface area contributed by atoms with E-state index in [2.05, 4.69) is 33.0 Å². The molecule has 1 nitrogen and oxygen atoms in total. The summed E-state index contributed by atoms with van der Waals surface area (Å²) in [5, 5.41) is 3.44. The van der Waals surface area contributed by atoms with Crippen molar-refractivity contribution >= 4 is 11.8 Å². The molecule has 1 atom stereocenters. The van der Waals surface area contributed by atoms with Crippen molar-refractivity contribution in [2.75, 3.05) is 12.3 Å². The van der Waals surface area contributed by atoms with Gasteiger partial charge in [0.15, 0.2) is 0 Å². The Balaban J connectivity index is 2.43. The SMILES string of the molecule is CC(C)(C)NCC(C)(CCSC(F)(F)F)C1CC1. The molecule has 0 aromatic rings. The van der Waals surface area contributed by atoms with Crippen LogP contribution < -0.4 is 5.32 Å². The van der Waals surface area contributed by atoms with Crippen LogP contribution in [0.3, 0.4) is 0 Å². The molecule has 1 N–H and O–H groups in total. The highest BCUT2D eigenvalue weighted by atomic mass is 32.2. The summed E-state index contributed by atoms with van der Waals surface area (Å²) in [6.07, 6.45) is 2.96. The van der Waals surface area contributed by atoms with E-state index in [0.717, 1.165) is 6.54 Å². The predicted molar refractivity (Wildman–Crippen MR) is 71.7 cm³/mol. The Morgan fingerprint density at radius 2 is 1.67 bits per heavy atom. The van der Waals surface area contributed by atoms with Crippen molar-refractivity contribution in [1.29, 1.82) is 0 Å². The molecule has 5 heteroatoms. The monoisotopic (exact) mass is 283 g/mol. The van der Waals surface area contributed by atoms with Gasteiger partial charge in [0, 0.05) is 17.8 Å². The Morgan fingerprint density at radius 1 is 1.11 bits per heavy atom. The molecule has 1 unspecified atom stereocenters. The third kappa shape index (κ3) is 6.32. The Labute approximate surface area is 112 Å². The zero-order valence-electron chi connectivity index (χ0n) is 11.7. The summed E-state index contributed by atoms with van der Waals surface area (Å²) in [6, 6.07) is 0. The summed E-state index contributed by atoms with van der Waals surface area (Å²) < 4.78 is 36.5. The van der Waals surface area contributed by atoms with Gasteiger partial charge in [0.2, 0.25) is 0 Å². The highest BCUT2D eigenvalue weighted by Crippen LogP contribution is 2.48. The fourth-order valence-corrected chi connectivity index (χ4v) is 2.88. The topological polar surface area (TPSA) is 12.0 Å². The van der Waals surface area contributed by atoms with Crippen LogP contribution in [-0.2, 0) is 0 Å². The third-order valence-corrected chi connectivity index (χ3v) is 4.26. The van der Waals surface area contributed by atoms with Crippen LogP contribution in [0.2, 0.25) is 0 Å². The number of nitrogens with one attached hydrogen (secondary N) is 1. The lowest BCUT2D eigenvalue weighted by Crippen LogP contribution is -2.44. The van der Waals surface area contributed by atoms with Crippen LogP contribution in [0.4, 0.5) is 13.2 Å². The average molecular weight is 283 g/mol. The van der Waals surface area contributed by atoms with E-state index in [9.17, 15) is 13.2 Å². The minimum atomic E-state index is -4.10. The summed E-state index contributed by atoms with van der Waals surface area (Å²) >= 11 is 0.111. The first-order valence-corrected chi connectivity index (χ1v) is 7.46. The van der Waals surface area contributed by atoms with Crippen molar-refractivity contribution in [2.45, 2.75) is 58.0 Å². The van der Waals surface area contributed by atoms with Crippen LogP contribution >= 0.6 is 11.8 Å². The summed E-state index contributed by atoms with van der Waals surface area (Å²) in [5.41, 5.74) is -4.07. The fraction of sp³-hybridized carbons (Fsp3) is 1.00. The normalized spacial score (nSPS) is 20.8. The first-order valence-electron chi connectivity index (χ1n) is 6.48. The van der Waals surface area contributed by atoms with E-state index in [-0.39, 0.29) is 28.5 Å². The molecule has 0 amide bonds. The number of alkyl halides is 3. The van der Waals surface area contributed by atoms with Crippen molar-refractivity contribution in [2.24, 2.45) is 11.3 Å². The van der Waals surface area contributed by atoms with Gasteiger partial charge in [-0.3, -0.25) is 0 Å². The molecule has 1 aliphatic carbocycles. The highest BCUT2D eigenvalue weighted by Gasteiger charge is 2.42. The molecule has 0 aromatic carbocycles. The maximum atomic E-state index is 12.2. The molecule has 108 valence electrons. The number of hydrogen-bond acceptors (Lipinski definition) is 2. The number of hydrogen-bond donors (Lipinski definition) is 1.